The summed E-state index contributed by atoms with van der Waals surface area (Å²) >= 11 is 0. The molecule has 0 bridgehead atoms. The zero-order chi connectivity index (χ0) is 13.8. The highest BCUT2D eigenvalue weighted by molar-refractivity contribution is 5.68. The number of unbranched alkanes of at least 4 members (excludes halogenated alkanes) is 2. The number of hydrogen-bond acceptors (Lipinski definition) is 4. The van der Waals surface area contributed by atoms with Gasteiger partial charge in [0.2, 0.25) is 0 Å². The van der Waals surface area contributed by atoms with Crippen LogP contribution in [0, 0.1) is 5.41 Å². The Balaban J connectivity index is 2.56. The molecule has 4 N–H and O–H groups in total. The van der Waals surface area contributed by atoms with Crippen molar-refractivity contribution in [3.8, 4) is 0 Å². The van der Waals surface area contributed by atoms with Crippen LogP contribution >= 0.6 is 0 Å². The highest BCUT2D eigenvalue weighted by Gasteiger charge is 2.42. The fraction of sp³-hybridized carbons (Fsp3) is 0.923. The second kappa shape index (κ2) is 6.38. The second-order valence-corrected chi connectivity index (χ2v) is 5.84. The van der Waals surface area contributed by atoms with E-state index in [-0.39, 0.29) is 17.5 Å². The van der Waals surface area contributed by atoms with E-state index in [2.05, 4.69) is 12.2 Å². The van der Waals surface area contributed by atoms with E-state index in [1.807, 2.05) is 13.8 Å². The number of amides is 1. The summed E-state index contributed by atoms with van der Waals surface area (Å²) < 4.78 is 4.95. The van der Waals surface area contributed by atoms with E-state index >= 15 is 0 Å². The summed E-state index contributed by atoms with van der Waals surface area (Å²) in [6, 6.07) is -0.658. The number of carbonyl (C=O) groups is 1. The van der Waals surface area contributed by atoms with Crippen LogP contribution in [0.25, 0.3) is 0 Å². The van der Waals surface area contributed by atoms with Crippen LogP contribution in [0.3, 0.4) is 0 Å². The number of rotatable bonds is 6. The average molecular weight is 258 g/mol. The molecule has 1 rings (SSSR count). The van der Waals surface area contributed by atoms with Crippen molar-refractivity contribution in [1.29, 1.82) is 0 Å². The van der Waals surface area contributed by atoms with Gasteiger partial charge in [0.05, 0.1) is 12.1 Å². The van der Waals surface area contributed by atoms with Crippen molar-refractivity contribution in [2.45, 2.75) is 64.6 Å². The first kappa shape index (κ1) is 15.2. The average Bonchev–Trinajstić information content (AvgIpc) is 2.31. The first-order valence-corrected chi connectivity index (χ1v) is 6.75. The molecule has 1 amide bonds. The molecule has 3 atom stereocenters. The second-order valence-electron chi connectivity index (χ2n) is 5.84. The molecule has 1 heterocycles. The first-order chi connectivity index (χ1) is 8.38. The van der Waals surface area contributed by atoms with E-state index in [9.17, 15) is 9.90 Å². The minimum absolute atomic E-state index is 0.306. The van der Waals surface area contributed by atoms with Crippen LogP contribution in [0.1, 0.15) is 46.5 Å². The van der Waals surface area contributed by atoms with Crippen molar-refractivity contribution in [3.05, 3.63) is 0 Å². The number of cyclic esters (lactones) is 1. The number of nitrogens with one attached hydrogen (secondary N) is 1. The number of carbonyl (C=O) groups excluding carboxylic acids is 1. The molecule has 1 saturated heterocycles. The molecule has 0 aliphatic carbocycles. The van der Waals surface area contributed by atoms with Gasteiger partial charge < -0.3 is 20.9 Å². The first-order valence-electron chi connectivity index (χ1n) is 6.75. The molecule has 0 aromatic heterocycles. The Morgan fingerprint density at radius 3 is 2.83 bits per heavy atom. The van der Waals surface area contributed by atoms with E-state index in [4.69, 9.17) is 10.5 Å². The van der Waals surface area contributed by atoms with Crippen LogP contribution in [0.15, 0.2) is 0 Å². The molecular weight excluding hydrogens is 232 g/mol. The van der Waals surface area contributed by atoms with Gasteiger partial charge in [-0.2, -0.15) is 0 Å². The van der Waals surface area contributed by atoms with E-state index in [1.54, 1.807) is 0 Å². The van der Waals surface area contributed by atoms with Crippen LogP contribution in [-0.4, -0.2) is 36.0 Å². The molecule has 106 valence electrons. The largest absolute Gasteiger partial charge is 0.449 e. The fourth-order valence-electron chi connectivity index (χ4n) is 2.30. The topological polar surface area (TPSA) is 84.6 Å². The maximum atomic E-state index is 11.3. The van der Waals surface area contributed by atoms with Crippen molar-refractivity contribution < 1.29 is 14.6 Å². The summed E-state index contributed by atoms with van der Waals surface area (Å²) in [6.07, 6.45) is 2.82. The number of aliphatic hydroxyl groups excluding tert-OH is 1. The van der Waals surface area contributed by atoms with Gasteiger partial charge in [0.1, 0.15) is 6.61 Å². The van der Waals surface area contributed by atoms with Gasteiger partial charge in [0.25, 0.3) is 0 Å². The van der Waals surface area contributed by atoms with Crippen molar-refractivity contribution in [1.82, 2.24) is 5.32 Å². The molecule has 1 aliphatic rings. The van der Waals surface area contributed by atoms with Gasteiger partial charge in [0.15, 0.2) is 0 Å². The lowest BCUT2D eigenvalue weighted by Gasteiger charge is -2.42. The lowest BCUT2D eigenvalue weighted by Crippen LogP contribution is -2.62. The van der Waals surface area contributed by atoms with Crippen molar-refractivity contribution >= 4 is 6.09 Å². The maximum Gasteiger partial charge on any atom is 0.407 e. The Morgan fingerprint density at radius 2 is 2.22 bits per heavy atom. The van der Waals surface area contributed by atoms with Crippen molar-refractivity contribution in [2.24, 2.45) is 11.1 Å². The number of aliphatic hydroxyl groups is 1. The summed E-state index contributed by atoms with van der Waals surface area (Å²) in [5.41, 5.74) is 5.70. The fourth-order valence-corrected chi connectivity index (χ4v) is 2.30. The third-order valence-electron chi connectivity index (χ3n) is 3.61. The number of ether oxygens (including phenoxy) is 1. The molecule has 1 fully saturated rings. The summed E-state index contributed by atoms with van der Waals surface area (Å²) in [4.78, 5) is 11.3. The molecule has 0 aromatic carbocycles. The summed E-state index contributed by atoms with van der Waals surface area (Å²) in [5.74, 6) is 0. The number of alkyl carbamates (subject to hydrolysis) is 1. The highest BCUT2D eigenvalue weighted by atomic mass is 16.6. The monoisotopic (exact) mass is 258 g/mol. The molecule has 0 unspecified atom stereocenters. The van der Waals surface area contributed by atoms with Gasteiger partial charge in [-0.3, -0.25) is 0 Å². The van der Waals surface area contributed by atoms with Gasteiger partial charge in [-0.1, -0.05) is 40.0 Å². The predicted octanol–water partition coefficient (Wildman–Crippen LogP) is 1.39. The Morgan fingerprint density at radius 1 is 1.56 bits per heavy atom. The Labute approximate surface area is 109 Å². The summed E-state index contributed by atoms with van der Waals surface area (Å²) in [6.45, 7) is 6.35. The number of nitrogens with two attached hydrogens (primary N) is 1. The Bertz CT molecular complexity index is 281. The molecule has 0 aromatic rings. The molecule has 1 aliphatic heterocycles. The standard InChI is InChI=1S/C13H26N2O3/c1-4-5-6-7-9(14)10(16)11-13(2,3)8-18-12(17)15-11/h9-11,16H,4-8,14H2,1-3H3,(H,15,17)/t9-,10+,11+/m0/s1. The highest BCUT2D eigenvalue weighted by Crippen LogP contribution is 2.28. The van der Waals surface area contributed by atoms with Crippen molar-refractivity contribution in [2.75, 3.05) is 6.61 Å². The molecule has 5 heteroatoms. The van der Waals surface area contributed by atoms with E-state index < -0.39 is 12.2 Å². The quantitative estimate of drug-likeness (QED) is 0.629. The lowest BCUT2D eigenvalue weighted by atomic mass is 9.78. The molecule has 0 saturated carbocycles. The third kappa shape index (κ3) is 3.85. The lowest BCUT2D eigenvalue weighted by molar-refractivity contribution is -0.0207. The minimum atomic E-state index is -0.732. The Kier molecular flexibility index (Phi) is 5.41. The molecule has 18 heavy (non-hydrogen) atoms. The van der Waals surface area contributed by atoms with Gasteiger partial charge in [0, 0.05) is 11.5 Å². The van der Waals surface area contributed by atoms with E-state index in [1.165, 1.54) is 0 Å². The predicted molar refractivity (Wildman–Crippen MR) is 70.2 cm³/mol. The molecule has 0 spiro atoms. The molecular formula is C13H26N2O3. The van der Waals surface area contributed by atoms with Crippen LogP contribution < -0.4 is 11.1 Å². The van der Waals surface area contributed by atoms with Gasteiger partial charge >= 0.3 is 6.09 Å². The SMILES string of the molecule is CCCCC[C@H](N)[C@@H](O)[C@H]1NC(=O)OCC1(C)C. The maximum absolute atomic E-state index is 11.3. The van der Waals surface area contributed by atoms with Crippen LogP contribution in [0.5, 0.6) is 0 Å². The van der Waals surface area contributed by atoms with Gasteiger partial charge in [-0.25, -0.2) is 4.79 Å². The molecule has 5 nitrogen and oxygen atoms in total. The van der Waals surface area contributed by atoms with E-state index in [0.717, 1.165) is 25.7 Å². The smallest absolute Gasteiger partial charge is 0.407 e. The minimum Gasteiger partial charge on any atom is -0.449 e. The Hall–Kier alpha value is -0.810. The van der Waals surface area contributed by atoms with E-state index in [0.29, 0.717) is 6.61 Å². The van der Waals surface area contributed by atoms with Gasteiger partial charge in [-0.05, 0) is 6.42 Å². The number of hydrogen-bond donors (Lipinski definition) is 3. The summed E-state index contributed by atoms with van der Waals surface area (Å²) in [7, 11) is 0. The van der Waals surface area contributed by atoms with Crippen molar-refractivity contribution in [3.63, 3.8) is 0 Å². The van der Waals surface area contributed by atoms with Crippen LogP contribution in [0.4, 0.5) is 4.79 Å². The van der Waals surface area contributed by atoms with Gasteiger partial charge in [-0.15, -0.1) is 0 Å². The zero-order valence-electron chi connectivity index (χ0n) is 11.6. The third-order valence-corrected chi connectivity index (χ3v) is 3.61. The normalized spacial score (nSPS) is 26.1. The van der Waals surface area contributed by atoms with Crippen LogP contribution in [0.2, 0.25) is 0 Å². The molecule has 0 radical (unpaired) electrons. The zero-order valence-corrected chi connectivity index (χ0v) is 11.6. The summed E-state index contributed by atoms with van der Waals surface area (Å²) in [5, 5.41) is 13.0. The van der Waals surface area contributed by atoms with Crippen LogP contribution in [-0.2, 0) is 4.74 Å².